The largest absolute Gasteiger partial charge is 0.459 e. The molecule has 2 heterocycles. The Kier molecular flexibility index (Phi) is 2.69. The Bertz CT molecular complexity index is 495. The highest BCUT2D eigenvalue weighted by Gasteiger charge is 2.63. The van der Waals surface area contributed by atoms with Crippen LogP contribution in [0.15, 0.2) is 27.9 Å². The van der Waals surface area contributed by atoms with Gasteiger partial charge in [0.2, 0.25) is 0 Å². The zero-order chi connectivity index (χ0) is 13.6. The van der Waals surface area contributed by atoms with Gasteiger partial charge in [-0.1, -0.05) is 0 Å². The molecule has 1 aliphatic heterocycles. The van der Waals surface area contributed by atoms with Crippen molar-refractivity contribution in [3.8, 4) is 0 Å². The third-order valence-electron chi connectivity index (χ3n) is 2.50. The third-order valence-corrected chi connectivity index (χ3v) is 2.50. The van der Waals surface area contributed by atoms with Gasteiger partial charge in [0, 0.05) is 12.1 Å². The Hall–Kier alpha value is -1.83. The molecule has 2 rings (SSSR count). The molecule has 0 aliphatic carbocycles. The molecule has 1 amide bonds. The summed E-state index contributed by atoms with van der Waals surface area (Å²) in [5, 5.41) is 13.1. The topological polar surface area (TPSA) is 66.0 Å². The SMILES string of the molecule is CC1=NN(C(=O)c2ccco2)[C@](O)(C(F)(F)F)C1. The van der Waals surface area contributed by atoms with Crippen LogP contribution in [0.5, 0.6) is 0 Å². The molecule has 0 saturated carbocycles. The van der Waals surface area contributed by atoms with Gasteiger partial charge in [0.05, 0.1) is 6.26 Å². The molecule has 5 nitrogen and oxygen atoms in total. The summed E-state index contributed by atoms with van der Waals surface area (Å²) in [6, 6.07) is 2.55. The molecule has 0 unspecified atom stereocenters. The van der Waals surface area contributed by atoms with Crippen LogP contribution in [0, 0.1) is 0 Å². The second-order valence-corrected chi connectivity index (χ2v) is 3.92. The molecular formula is C10H9F3N2O3. The fourth-order valence-electron chi connectivity index (χ4n) is 1.66. The van der Waals surface area contributed by atoms with E-state index in [1.54, 1.807) is 0 Å². The number of carbonyl (C=O) groups excluding carboxylic acids is 1. The lowest BCUT2D eigenvalue weighted by atomic mass is 10.1. The van der Waals surface area contributed by atoms with Gasteiger partial charge < -0.3 is 9.52 Å². The first-order valence-electron chi connectivity index (χ1n) is 4.97. The van der Waals surface area contributed by atoms with Gasteiger partial charge in [-0.05, 0) is 19.1 Å². The Balaban J connectivity index is 2.39. The van der Waals surface area contributed by atoms with Crippen molar-refractivity contribution in [1.29, 1.82) is 0 Å². The van der Waals surface area contributed by atoms with E-state index < -0.39 is 24.2 Å². The van der Waals surface area contributed by atoms with E-state index >= 15 is 0 Å². The van der Waals surface area contributed by atoms with Crippen LogP contribution in [0.3, 0.4) is 0 Å². The van der Waals surface area contributed by atoms with Gasteiger partial charge in [0.25, 0.3) is 5.72 Å². The van der Waals surface area contributed by atoms with Gasteiger partial charge in [-0.2, -0.15) is 23.3 Å². The predicted molar refractivity (Wildman–Crippen MR) is 53.6 cm³/mol. The first-order chi connectivity index (χ1) is 8.25. The van der Waals surface area contributed by atoms with Crippen LogP contribution in [0.4, 0.5) is 13.2 Å². The lowest BCUT2D eigenvalue weighted by Crippen LogP contribution is -2.56. The average molecular weight is 262 g/mol. The minimum absolute atomic E-state index is 0.00901. The summed E-state index contributed by atoms with van der Waals surface area (Å²) < 4.78 is 43.2. The number of halogens is 3. The second kappa shape index (κ2) is 3.84. The molecule has 98 valence electrons. The zero-order valence-electron chi connectivity index (χ0n) is 9.23. The number of hydrogen-bond donors (Lipinski definition) is 1. The molecular weight excluding hydrogens is 253 g/mol. The predicted octanol–water partition coefficient (Wildman–Crippen LogP) is 1.75. The number of aliphatic hydroxyl groups is 1. The van der Waals surface area contributed by atoms with Gasteiger partial charge in [0.1, 0.15) is 0 Å². The molecule has 0 fully saturated rings. The van der Waals surface area contributed by atoms with Crippen LogP contribution in [0.25, 0.3) is 0 Å². The van der Waals surface area contributed by atoms with E-state index in [9.17, 15) is 23.1 Å². The van der Waals surface area contributed by atoms with Crippen LogP contribution >= 0.6 is 0 Å². The maximum atomic E-state index is 12.8. The van der Waals surface area contributed by atoms with Crippen LogP contribution in [-0.2, 0) is 0 Å². The highest BCUT2D eigenvalue weighted by molar-refractivity contribution is 5.95. The smallest absolute Gasteiger partial charge is 0.438 e. The number of amides is 1. The fraction of sp³-hybridized carbons (Fsp3) is 0.400. The van der Waals surface area contributed by atoms with Crippen molar-refractivity contribution in [2.24, 2.45) is 5.10 Å². The number of alkyl halides is 3. The Morgan fingerprint density at radius 1 is 1.61 bits per heavy atom. The Labute approximate surface area is 99.5 Å². The monoisotopic (exact) mass is 262 g/mol. The first-order valence-corrected chi connectivity index (χ1v) is 4.97. The van der Waals surface area contributed by atoms with E-state index in [0.717, 1.165) is 6.26 Å². The molecule has 1 N–H and O–H groups in total. The summed E-state index contributed by atoms with van der Waals surface area (Å²) in [4.78, 5) is 11.8. The van der Waals surface area contributed by atoms with Crippen LogP contribution in [0.1, 0.15) is 23.9 Å². The normalized spacial score (nSPS) is 24.3. The lowest BCUT2D eigenvalue weighted by molar-refractivity contribution is -0.297. The van der Waals surface area contributed by atoms with Crippen molar-refractivity contribution in [1.82, 2.24) is 5.01 Å². The first kappa shape index (κ1) is 12.6. The zero-order valence-corrected chi connectivity index (χ0v) is 9.23. The van der Waals surface area contributed by atoms with Gasteiger partial charge in [-0.15, -0.1) is 0 Å². The second-order valence-electron chi connectivity index (χ2n) is 3.92. The molecule has 18 heavy (non-hydrogen) atoms. The number of furan rings is 1. The lowest BCUT2D eigenvalue weighted by Gasteiger charge is -2.32. The quantitative estimate of drug-likeness (QED) is 0.838. The molecule has 0 spiro atoms. The molecule has 0 bridgehead atoms. The highest BCUT2D eigenvalue weighted by Crippen LogP contribution is 2.40. The number of carbonyl (C=O) groups is 1. The van der Waals surface area contributed by atoms with Crippen molar-refractivity contribution in [3.05, 3.63) is 24.2 Å². The van der Waals surface area contributed by atoms with Crippen molar-refractivity contribution in [3.63, 3.8) is 0 Å². The van der Waals surface area contributed by atoms with E-state index in [1.807, 2.05) is 0 Å². The van der Waals surface area contributed by atoms with Crippen molar-refractivity contribution < 1.29 is 27.5 Å². The number of rotatable bonds is 1. The molecule has 0 aromatic carbocycles. The van der Waals surface area contributed by atoms with E-state index in [4.69, 9.17) is 4.42 Å². The number of hydrazone groups is 1. The minimum atomic E-state index is -5.00. The molecule has 1 aromatic rings. The third kappa shape index (κ3) is 1.78. The molecule has 1 aliphatic rings. The maximum absolute atomic E-state index is 12.8. The summed E-state index contributed by atoms with van der Waals surface area (Å²) in [5.41, 5.74) is -3.31. The number of nitrogens with zero attached hydrogens (tertiary/aromatic N) is 2. The van der Waals surface area contributed by atoms with Crippen LogP contribution in [0.2, 0.25) is 0 Å². The standard InChI is InChI=1S/C10H9F3N2O3/c1-6-5-9(17,10(11,12)13)15(14-6)8(16)7-3-2-4-18-7/h2-4,17H,5H2,1H3/t9-/m1/s1. The van der Waals surface area contributed by atoms with Gasteiger partial charge >= 0.3 is 12.1 Å². The van der Waals surface area contributed by atoms with Crippen molar-refractivity contribution in [2.75, 3.05) is 0 Å². The van der Waals surface area contributed by atoms with Crippen LogP contribution in [-0.4, -0.2) is 33.6 Å². The molecule has 1 atom stereocenters. The molecule has 0 saturated heterocycles. The van der Waals surface area contributed by atoms with E-state index in [2.05, 4.69) is 5.10 Å². The summed E-state index contributed by atoms with van der Waals surface area (Å²) in [6.45, 7) is 1.30. The summed E-state index contributed by atoms with van der Waals surface area (Å²) >= 11 is 0. The Morgan fingerprint density at radius 2 is 2.28 bits per heavy atom. The van der Waals surface area contributed by atoms with Gasteiger partial charge in [-0.25, -0.2) is 0 Å². The summed E-state index contributed by atoms with van der Waals surface area (Å²) in [7, 11) is 0. The van der Waals surface area contributed by atoms with E-state index in [-0.39, 0.29) is 16.5 Å². The van der Waals surface area contributed by atoms with Gasteiger partial charge in [-0.3, -0.25) is 4.79 Å². The van der Waals surface area contributed by atoms with E-state index in [0.29, 0.717) is 0 Å². The summed E-state index contributed by atoms with van der Waals surface area (Å²) in [5.74, 6) is -1.46. The van der Waals surface area contributed by atoms with Gasteiger partial charge in [0.15, 0.2) is 5.76 Å². The van der Waals surface area contributed by atoms with Crippen molar-refractivity contribution >= 4 is 11.6 Å². The number of hydrogen-bond acceptors (Lipinski definition) is 4. The van der Waals surface area contributed by atoms with E-state index in [1.165, 1.54) is 19.1 Å². The molecule has 8 heteroatoms. The maximum Gasteiger partial charge on any atom is 0.438 e. The molecule has 0 radical (unpaired) electrons. The summed E-state index contributed by atoms with van der Waals surface area (Å²) in [6.07, 6.45) is -4.63. The highest BCUT2D eigenvalue weighted by atomic mass is 19.4. The fourth-order valence-corrected chi connectivity index (χ4v) is 1.66. The van der Waals surface area contributed by atoms with Crippen molar-refractivity contribution in [2.45, 2.75) is 25.2 Å². The minimum Gasteiger partial charge on any atom is -0.459 e. The molecule has 1 aromatic heterocycles. The average Bonchev–Trinajstić information content (AvgIpc) is 2.84. The Morgan fingerprint density at radius 3 is 2.78 bits per heavy atom. The van der Waals surface area contributed by atoms with Crippen LogP contribution < -0.4 is 0 Å².